The Morgan fingerprint density at radius 2 is 2.21 bits per heavy atom. The maximum absolute atomic E-state index is 11.0. The van der Waals surface area contributed by atoms with Crippen LogP contribution < -0.4 is 10.6 Å². The Hall–Kier alpha value is -2.13. The van der Waals surface area contributed by atoms with E-state index >= 15 is 0 Å². The summed E-state index contributed by atoms with van der Waals surface area (Å²) >= 11 is 0. The number of anilines is 1. The van der Waals surface area contributed by atoms with Crippen LogP contribution in [0.4, 0.5) is 11.4 Å². The van der Waals surface area contributed by atoms with E-state index in [0.717, 1.165) is 13.0 Å². The third-order valence-electron chi connectivity index (χ3n) is 3.02. The normalized spacial score (nSPS) is 13.8. The number of nitro groups is 1. The summed E-state index contributed by atoms with van der Waals surface area (Å²) < 4.78 is 0. The zero-order valence-electron chi connectivity index (χ0n) is 10.6. The maximum Gasteiger partial charge on any atom is 0.309 e. The van der Waals surface area contributed by atoms with Gasteiger partial charge in [0, 0.05) is 12.6 Å². The molecule has 0 saturated heterocycles. The fourth-order valence-corrected chi connectivity index (χ4v) is 1.88. The second-order valence-corrected chi connectivity index (χ2v) is 4.58. The molecule has 0 radical (unpaired) electrons. The second kappa shape index (κ2) is 6.16. The molecule has 6 heteroatoms. The highest BCUT2D eigenvalue weighted by molar-refractivity contribution is 5.68. The van der Waals surface area contributed by atoms with Crippen LogP contribution in [0.2, 0.25) is 0 Å². The van der Waals surface area contributed by atoms with E-state index in [2.05, 4.69) is 10.6 Å². The van der Waals surface area contributed by atoms with Gasteiger partial charge in [-0.25, -0.2) is 0 Å². The summed E-state index contributed by atoms with van der Waals surface area (Å²) in [4.78, 5) is 10.5. The minimum atomic E-state index is -0.511. The second-order valence-electron chi connectivity index (χ2n) is 4.58. The van der Waals surface area contributed by atoms with Gasteiger partial charge in [-0.05, 0) is 37.9 Å². The van der Waals surface area contributed by atoms with E-state index in [1.807, 2.05) is 6.07 Å². The largest absolute Gasteiger partial charge is 0.379 e. The van der Waals surface area contributed by atoms with E-state index in [1.165, 1.54) is 18.9 Å². The topological polar surface area (TPSA) is 91.0 Å². The lowest BCUT2D eigenvalue weighted by Crippen LogP contribution is -2.20. The molecule has 100 valence electrons. The zero-order chi connectivity index (χ0) is 13.7. The van der Waals surface area contributed by atoms with Crippen LogP contribution in [-0.4, -0.2) is 24.1 Å². The van der Waals surface area contributed by atoms with Gasteiger partial charge in [-0.1, -0.05) is 6.07 Å². The van der Waals surface area contributed by atoms with Crippen molar-refractivity contribution in [2.24, 2.45) is 0 Å². The summed E-state index contributed by atoms with van der Waals surface area (Å²) in [7, 11) is 0. The first-order chi connectivity index (χ1) is 9.22. The summed E-state index contributed by atoms with van der Waals surface area (Å²) in [6.07, 6.45) is 3.40. The Bertz CT molecular complexity index is 506. The molecule has 0 amide bonds. The van der Waals surface area contributed by atoms with E-state index < -0.39 is 4.92 Å². The highest BCUT2D eigenvalue weighted by Crippen LogP contribution is 2.27. The van der Waals surface area contributed by atoms with Crippen LogP contribution in [-0.2, 0) is 0 Å². The van der Waals surface area contributed by atoms with E-state index in [9.17, 15) is 10.1 Å². The number of nitrogens with zero attached hydrogens (tertiary/aromatic N) is 2. The lowest BCUT2D eigenvalue weighted by Gasteiger charge is -2.08. The van der Waals surface area contributed by atoms with Crippen LogP contribution >= 0.6 is 0 Å². The van der Waals surface area contributed by atoms with E-state index in [0.29, 0.717) is 18.3 Å². The summed E-state index contributed by atoms with van der Waals surface area (Å²) in [6.45, 7) is 1.55. The van der Waals surface area contributed by atoms with Crippen molar-refractivity contribution in [2.45, 2.75) is 25.3 Å². The van der Waals surface area contributed by atoms with Crippen molar-refractivity contribution in [1.82, 2.24) is 5.32 Å². The lowest BCUT2D eigenvalue weighted by atomic mass is 10.1. The molecule has 0 heterocycles. The fourth-order valence-electron chi connectivity index (χ4n) is 1.88. The highest BCUT2D eigenvalue weighted by atomic mass is 16.6. The van der Waals surface area contributed by atoms with E-state index in [-0.39, 0.29) is 11.3 Å². The molecule has 0 aromatic heterocycles. The van der Waals surface area contributed by atoms with Crippen molar-refractivity contribution >= 4 is 11.4 Å². The molecule has 1 aromatic carbocycles. The Morgan fingerprint density at radius 1 is 1.42 bits per heavy atom. The molecule has 1 aliphatic carbocycles. The lowest BCUT2D eigenvalue weighted by molar-refractivity contribution is -0.384. The standard InChI is InChI=1S/C13H16N4O2/c14-9-10-3-1-4-12(13(10)17(18)19)16-8-2-7-15-11-5-6-11/h1,3-4,11,15-16H,2,5-8H2. The molecule has 2 N–H and O–H groups in total. The molecule has 0 bridgehead atoms. The van der Waals surface area contributed by atoms with Gasteiger partial charge >= 0.3 is 5.69 Å². The number of hydrogen-bond acceptors (Lipinski definition) is 5. The zero-order valence-corrected chi connectivity index (χ0v) is 10.6. The van der Waals surface area contributed by atoms with Crippen LogP contribution in [0.3, 0.4) is 0 Å². The predicted octanol–water partition coefficient (Wildman–Crippen LogP) is 2.02. The Morgan fingerprint density at radius 3 is 2.84 bits per heavy atom. The quantitative estimate of drug-likeness (QED) is 0.444. The third-order valence-corrected chi connectivity index (χ3v) is 3.02. The molecule has 1 saturated carbocycles. The van der Waals surface area contributed by atoms with Crippen molar-refractivity contribution < 1.29 is 4.92 Å². The molecule has 0 atom stereocenters. The molecule has 0 spiro atoms. The molecule has 6 nitrogen and oxygen atoms in total. The highest BCUT2D eigenvalue weighted by Gasteiger charge is 2.20. The number of nitrogens with one attached hydrogen (secondary N) is 2. The molecular formula is C13H16N4O2. The molecule has 0 aliphatic heterocycles. The van der Waals surface area contributed by atoms with Crippen molar-refractivity contribution in [3.05, 3.63) is 33.9 Å². The first-order valence-electron chi connectivity index (χ1n) is 6.37. The van der Waals surface area contributed by atoms with Gasteiger partial charge in [-0.3, -0.25) is 10.1 Å². The monoisotopic (exact) mass is 260 g/mol. The van der Waals surface area contributed by atoms with E-state index in [1.54, 1.807) is 12.1 Å². The first-order valence-corrected chi connectivity index (χ1v) is 6.37. The van der Waals surface area contributed by atoms with Gasteiger partial charge in [0.25, 0.3) is 0 Å². The summed E-state index contributed by atoms with van der Waals surface area (Å²) in [5.74, 6) is 0. The molecule has 19 heavy (non-hydrogen) atoms. The average Bonchev–Trinajstić information content (AvgIpc) is 3.21. The maximum atomic E-state index is 11.0. The third kappa shape index (κ3) is 3.66. The van der Waals surface area contributed by atoms with Gasteiger partial charge in [0.1, 0.15) is 17.3 Å². The predicted molar refractivity (Wildman–Crippen MR) is 71.9 cm³/mol. The summed E-state index contributed by atoms with van der Waals surface area (Å²) in [5, 5.41) is 26.3. The molecule has 1 aliphatic rings. The van der Waals surface area contributed by atoms with Gasteiger partial charge in [0.15, 0.2) is 0 Å². The Balaban J connectivity index is 1.91. The number of benzene rings is 1. The minimum Gasteiger partial charge on any atom is -0.379 e. The molecule has 0 unspecified atom stereocenters. The van der Waals surface area contributed by atoms with Gasteiger partial charge in [-0.15, -0.1) is 0 Å². The minimum absolute atomic E-state index is 0.0890. The van der Waals surface area contributed by atoms with Crippen LogP contribution in [0.1, 0.15) is 24.8 Å². The van der Waals surface area contributed by atoms with Crippen LogP contribution in [0.5, 0.6) is 0 Å². The van der Waals surface area contributed by atoms with Crippen molar-refractivity contribution in [1.29, 1.82) is 5.26 Å². The Labute approximate surface area is 111 Å². The summed E-state index contributed by atoms with van der Waals surface area (Å²) in [6, 6.07) is 7.26. The van der Waals surface area contributed by atoms with Crippen molar-refractivity contribution in [3.63, 3.8) is 0 Å². The smallest absolute Gasteiger partial charge is 0.309 e. The Kier molecular flexibility index (Phi) is 4.31. The molecule has 1 aromatic rings. The van der Waals surface area contributed by atoms with Gasteiger partial charge < -0.3 is 10.6 Å². The van der Waals surface area contributed by atoms with Crippen molar-refractivity contribution in [3.8, 4) is 6.07 Å². The molecule has 2 rings (SSSR count). The fraction of sp³-hybridized carbons (Fsp3) is 0.462. The number of hydrogen-bond donors (Lipinski definition) is 2. The van der Waals surface area contributed by atoms with E-state index in [4.69, 9.17) is 5.26 Å². The number of nitriles is 1. The molecule has 1 fully saturated rings. The van der Waals surface area contributed by atoms with Crippen LogP contribution in [0.25, 0.3) is 0 Å². The average molecular weight is 260 g/mol. The number of para-hydroxylation sites is 1. The summed E-state index contributed by atoms with van der Waals surface area (Å²) in [5.41, 5.74) is 0.363. The SMILES string of the molecule is N#Cc1cccc(NCCCNC2CC2)c1[N+](=O)[O-]. The van der Waals surface area contributed by atoms with Crippen LogP contribution in [0, 0.1) is 21.4 Å². The van der Waals surface area contributed by atoms with Crippen LogP contribution in [0.15, 0.2) is 18.2 Å². The van der Waals surface area contributed by atoms with Gasteiger partial charge in [0.05, 0.1) is 4.92 Å². The van der Waals surface area contributed by atoms with Gasteiger partial charge in [-0.2, -0.15) is 5.26 Å². The van der Waals surface area contributed by atoms with Gasteiger partial charge in [0.2, 0.25) is 0 Å². The first kappa shape index (κ1) is 13.3. The number of rotatable bonds is 7. The van der Waals surface area contributed by atoms with Crippen molar-refractivity contribution in [2.75, 3.05) is 18.4 Å². The molecular weight excluding hydrogens is 244 g/mol. The number of nitro benzene ring substituents is 1.